The second kappa shape index (κ2) is 6.51. The molecule has 0 spiro atoms. The highest BCUT2D eigenvalue weighted by molar-refractivity contribution is 9.10. The van der Waals surface area contributed by atoms with Gasteiger partial charge >= 0.3 is 0 Å². The Kier molecular flexibility index (Phi) is 5.65. The minimum Gasteiger partial charge on any atom is -0.374 e. The van der Waals surface area contributed by atoms with Crippen molar-refractivity contribution in [2.45, 2.75) is 39.4 Å². The summed E-state index contributed by atoms with van der Waals surface area (Å²) >= 11 is 9.46. The molecule has 84 valence electrons. The number of hydrogen-bond acceptors (Lipinski definition) is 1. The second-order valence-corrected chi connectivity index (χ2v) is 4.97. The first-order chi connectivity index (χ1) is 7.13. The Morgan fingerprint density at radius 3 is 2.80 bits per heavy atom. The van der Waals surface area contributed by atoms with Gasteiger partial charge in [-0.15, -0.1) is 0 Å². The average Bonchev–Trinajstić information content (AvgIpc) is 2.17. The molecule has 0 aliphatic rings. The average molecular weight is 292 g/mol. The molecule has 0 aliphatic heterocycles. The summed E-state index contributed by atoms with van der Waals surface area (Å²) in [6.45, 7) is 4.84. The molecule has 1 atom stereocenters. The summed E-state index contributed by atoms with van der Waals surface area (Å²) in [6, 6.07) is 5.87. The van der Waals surface area contributed by atoms with E-state index in [4.69, 9.17) is 16.3 Å². The Balaban J connectivity index is 2.50. The van der Waals surface area contributed by atoms with Crippen molar-refractivity contribution in [2.75, 3.05) is 0 Å². The summed E-state index contributed by atoms with van der Waals surface area (Å²) in [7, 11) is 0. The first-order valence-electron chi connectivity index (χ1n) is 5.19. The van der Waals surface area contributed by atoms with Crippen LogP contribution in [-0.4, -0.2) is 6.10 Å². The first-order valence-corrected chi connectivity index (χ1v) is 6.36. The lowest BCUT2D eigenvalue weighted by molar-refractivity contribution is 0.0472. The van der Waals surface area contributed by atoms with Gasteiger partial charge in [0.05, 0.1) is 12.7 Å². The molecular weight excluding hydrogens is 275 g/mol. The van der Waals surface area contributed by atoms with Crippen LogP contribution in [0.1, 0.15) is 32.3 Å². The predicted molar refractivity (Wildman–Crippen MR) is 68.3 cm³/mol. The van der Waals surface area contributed by atoms with Crippen LogP contribution in [0.4, 0.5) is 0 Å². The van der Waals surface area contributed by atoms with Gasteiger partial charge in [0.15, 0.2) is 0 Å². The Bertz CT molecular complexity index is 314. The molecule has 0 saturated carbocycles. The first kappa shape index (κ1) is 13.0. The number of rotatable bonds is 5. The van der Waals surface area contributed by atoms with Crippen LogP contribution in [0.5, 0.6) is 0 Å². The van der Waals surface area contributed by atoms with Crippen LogP contribution < -0.4 is 0 Å². The summed E-state index contributed by atoms with van der Waals surface area (Å²) in [5.74, 6) is 0. The van der Waals surface area contributed by atoms with Gasteiger partial charge in [0.25, 0.3) is 0 Å². The van der Waals surface area contributed by atoms with Crippen molar-refractivity contribution < 1.29 is 4.74 Å². The van der Waals surface area contributed by atoms with Crippen LogP contribution in [0.3, 0.4) is 0 Å². The van der Waals surface area contributed by atoms with E-state index in [1.165, 1.54) is 0 Å². The molecule has 0 saturated heterocycles. The van der Waals surface area contributed by atoms with Crippen molar-refractivity contribution >= 4 is 27.5 Å². The van der Waals surface area contributed by atoms with E-state index < -0.39 is 0 Å². The van der Waals surface area contributed by atoms with Crippen molar-refractivity contribution in [1.82, 2.24) is 0 Å². The van der Waals surface area contributed by atoms with E-state index in [1.807, 2.05) is 18.2 Å². The third-order valence-corrected chi connectivity index (χ3v) is 3.08. The molecule has 0 heterocycles. The van der Waals surface area contributed by atoms with Crippen LogP contribution in [-0.2, 0) is 11.3 Å². The van der Waals surface area contributed by atoms with Crippen LogP contribution in [0.2, 0.25) is 5.02 Å². The highest BCUT2D eigenvalue weighted by Crippen LogP contribution is 2.22. The zero-order valence-corrected chi connectivity index (χ0v) is 11.4. The minimum absolute atomic E-state index is 0.301. The maximum Gasteiger partial charge on any atom is 0.0734 e. The molecule has 0 aromatic heterocycles. The van der Waals surface area contributed by atoms with Gasteiger partial charge in [-0.05, 0) is 31.0 Å². The van der Waals surface area contributed by atoms with E-state index in [2.05, 4.69) is 29.8 Å². The Morgan fingerprint density at radius 1 is 1.47 bits per heavy atom. The maximum atomic E-state index is 6.08. The molecule has 1 rings (SSSR count). The summed E-state index contributed by atoms with van der Waals surface area (Å²) in [4.78, 5) is 0. The summed E-state index contributed by atoms with van der Waals surface area (Å²) in [6.07, 6.45) is 2.54. The molecular formula is C12H16BrClO. The van der Waals surface area contributed by atoms with Gasteiger partial charge in [0.1, 0.15) is 0 Å². The lowest BCUT2D eigenvalue weighted by Crippen LogP contribution is -2.07. The van der Waals surface area contributed by atoms with Crippen molar-refractivity contribution in [2.24, 2.45) is 0 Å². The van der Waals surface area contributed by atoms with Gasteiger partial charge in [-0.25, -0.2) is 0 Å². The molecule has 1 aromatic carbocycles. The van der Waals surface area contributed by atoms with Gasteiger partial charge in [-0.2, -0.15) is 0 Å². The van der Waals surface area contributed by atoms with Gasteiger partial charge in [-0.3, -0.25) is 0 Å². The van der Waals surface area contributed by atoms with E-state index in [1.54, 1.807) is 0 Å². The Hall–Kier alpha value is -0.0500. The Morgan fingerprint density at radius 2 is 2.20 bits per heavy atom. The lowest BCUT2D eigenvalue weighted by atomic mass is 10.2. The van der Waals surface area contributed by atoms with Crippen molar-refractivity contribution in [1.29, 1.82) is 0 Å². The van der Waals surface area contributed by atoms with E-state index in [0.29, 0.717) is 12.7 Å². The summed E-state index contributed by atoms with van der Waals surface area (Å²) < 4.78 is 6.69. The molecule has 0 N–H and O–H groups in total. The van der Waals surface area contributed by atoms with Crippen molar-refractivity contribution in [3.63, 3.8) is 0 Å². The zero-order chi connectivity index (χ0) is 11.3. The third kappa shape index (κ3) is 4.54. The minimum atomic E-state index is 0.301. The molecule has 0 radical (unpaired) electrons. The fourth-order valence-electron chi connectivity index (χ4n) is 1.36. The monoisotopic (exact) mass is 290 g/mol. The van der Waals surface area contributed by atoms with Crippen LogP contribution >= 0.6 is 27.5 Å². The highest BCUT2D eigenvalue weighted by atomic mass is 79.9. The van der Waals surface area contributed by atoms with Gasteiger partial charge < -0.3 is 4.74 Å². The molecule has 15 heavy (non-hydrogen) atoms. The van der Waals surface area contributed by atoms with Gasteiger partial charge in [-0.1, -0.05) is 46.9 Å². The summed E-state index contributed by atoms with van der Waals surface area (Å²) in [5.41, 5.74) is 1.04. The van der Waals surface area contributed by atoms with Crippen LogP contribution in [0.25, 0.3) is 0 Å². The highest BCUT2D eigenvalue weighted by Gasteiger charge is 2.04. The SMILES string of the molecule is CCCC(C)OCc1ccc(Br)cc1Cl. The molecule has 0 fully saturated rings. The molecule has 1 nitrogen and oxygen atoms in total. The topological polar surface area (TPSA) is 9.23 Å². The quantitative estimate of drug-likeness (QED) is 0.756. The van der Waals surface area contributed by atoms with Crippen molar-refractivity contribution in [3.05, 3.63) is 33.3 Å². The summed E-state index contributed by atoms with van der Waals surface area (Å²) in [5, 5.41) is 0.757. The van der Waals surface area contributed by atoms with E-state index in [-0.39, 0.29) is 0 Å². The molecule has 0 aliphatic carbocycles. The molecule has 1 unspecified atom stereocenters. The fraction of sp³-hybridized carbons (Fsp3) is 0.500. The van der Waals surface area contributed by atoms with Gasteiger partial charge in [0.2, 0.25) is 0 Å². The van der Waals surface area contributed by atoms with Crippen molar-refractivity contribution in [3.8, 4) is 0 Å². The predicted octanol–water partition coefficient (Wildman–Crippen LogP) is 4.81. The second-order valence-electron chi connectivity index (χ2n) is 3.65. The van der Waals surface area contributed by atoms with Gasteiger partial charge in [0, 0.05) is 9.50 Å². The number of benzene rings is 1. The molecule has 0 bridgehead atoms. The maximum absolute atomic E-state index is 6.08. The normalized spacial score (nSPS) is 12.8. The van der Waals surface area contributed by atoms with Crippen LogP contribution in [0, 0.1) is 0 Å². The molecule has 3 heteroatoms. The number of hydrogen-bond donors (Lipinski definition) is 0. The fourth-order valence-corrected chi connectivity index (χ4v) is 2.09. The number of ether oxygens (including phenoxy) is 1. The molecule has 1 aromatic rings. The standard InChI is InChI=1S/C12H16BrClO/c1-3-4-9(2)15-8-10-5-6-11(13)7-12(10)14/h5-7,9H,3-4,8H2,1-2H3. The number of halogens is 2. The Labute approximate surface area is 105 Å². The van der Waals surface area contributed by atoms with E-state index >= 15 is 0 Å². The van der Waals surface area contributed by atoms with E-state index in [9.17, 15) is 0 Å². The molecule has 0 amide bonds. The van der Waals surface area contributed by atoms with Crippen LogP contribution in [0.15, 0.2) is 22.7 Å². The largest absolute Gasteiger partial charge is 0.374 e. The zero-order valence-electron chi connectivity index (χ0n) is 9.09. The smallest absolute Gasteiger partial charge is 0.0734 e. The third-order valence-electron chi connectivity index (χ3n) is 2.23. The lowest BCUT2D eigenvalue weighted by Gasteiger charge is -2.12. The van der Waals surface area contributed by atoms with E-state index in [0.717, 1.165) is 27.9 Å².